The Hall–Kier alpha value is -2.28. The molecule has 0 saturated heterocycles. The number of ether oxygens (including phenoxy) is 1. The minimum absolute atomic E-state index is 0.00706. The minimum Gasteiger partial charge on any atom is -0.481 e. The Morgan fingerprint density at radius 2 is 1.71 bits per heavy atom. The molecule has 4 unspecified atom stereocenters. The summed E-state index contributed by atoms with van der Waals surface area (Å²) in [5.74, 6) is -0.836. The number of aliphatic hydroxyl groups is 1. The van der Waals surface area contributed by atoms with E-state index in [0.717, 1.165) is 30.5 Å². The zero-order valence-corrected chi connectivity index (χ0v) is 24.1. The maximum absolute atomic E-state index is 13.8. The molecular formula is C32H46FNO4. The molecule has 5 nitrogen and oxygen atoms in total. The molecule has 38 heavy (non-hydrogen) atoms. The van der Waals surface area contributed by atoms with Crippen LogP contribution in [-0.4, -0.2) is 53.9 Å². The molecule has 4 atom stereocenters. The Balaban J connectivity index is 1.92. The molecule has 0 bridgehead atoms. The van der Waals surface area contributed by atoms with E-state index in [0.29, 0.717) is 6.54 Å². The highest BCUT2D eigenvalue weighted by atomic mass is 19.1. The number of carboxylic acid groups (broad SMARTS) is 1. The van der Waals surface area contributed by atoms with Gasteiger partial charge in [0, 0.05) is 19.0 Å². The molecule has 0 heterocycles. The van der Waals surface area contributed by atoms with Crippen molar-refractivity contribution in [3.05, 3.63) is 70.5 Å². The first-order valence-corrected chi connectivity index (χ1v) is 13.8. The van der Waals surface area contributed by atoms with Crippen LogP contribution in [0.5, 0.6) is 0 Å². The summed E-state index contributed by atoms with van der Waals surface area (Å²) in [5, 5.41) is 19.6. The van der Waals surface area contributed by atoms with E-state index in [2.05, 4.69) is 64.6 Å². The Morgan fingerprint density at radius 1 is 1.05 bits per heavy atom. The number of hydrogen-bond acceptors (Lipinski definition) is 4. The van der Waals surface area contributed by atoms with E-state index in [9.17, 15) is 14.3 Å². The molecule has 1 aliphatic carbocycles. The first-order valence-electron chi connectivity index (χ1n) is 13.8. The van der Waals surface area contributed by atoms with E-state index in [1.165, 1.54) is 23.3 Å². The van der Waals surface area contributed by atoms with Gasteiger partial charge in [0.1, 0.15) is 11.9 Å². The van der Waals surface area contributed by atoms with Gasteiger partial charge in [0.15, 0.2) is 0 Å². The van der Waals surface area contributed by atoms with E-state index < -0.39 is 12.1 Å². The third-order valence-corrected chi connectivity index (χ3v) is 7.82. The number of aliphatic hydroxyl groups excluding tert-OH is 1. The number of nitrogens with zero attached hydrogens (tertiary/aromatic N) is 1. The predicted molar refractivity (Wildman–Crippen MR) is 150 cm³/mol. The summed E-state index contributed by atoms with van der Waals surface area (Å²) in [6, 6.07) is 13.2. The van der Waals surface area contributed by atoms with Crippen molar-refractivity contribution in [2.75, 3.05) is 26.7 Å². The summed E-state index contributed by atoms with van der Waals surface area (Å²) in [4.78, 5) is 13.1. The molecule has 0 amide bonds. The predicted octanol–water partition coefficient (Wildman–Crippen LogP) is 6.44. The lowest BCUT2D eigenvalue weighted by Gasteiger charge is -2.33. The molecule has 0 aliphatic heterocycles. The van der Waals surface area contributed by atoms with Crippen LogP contribution in [0.4, 0.5) is 4.39 Å². The molecule has 0 radical (unpaired) electrons. The number of hydrogen-bond donors (Lipinski definition) is 2. The van der Waals surface area contributed by atoms with Crippen molar-refractivity contribution in [1.82, 2.24) is 4.90 Å². The highest BCUT2D eigenvalue weighted by Crippen LogP contribution is 2.45. The van der Waals surface area contributed by atoms with Gasteiger partial charge in [-0.3, -0.25) is 4.79 Å². The van der Waals surface area contributed by atoms with Crippen LogP contribution in [0.3, 0.4) is 0 Å². The van der Waals surface area contributed by atoms with Crippen LogP contribution in [-0.2, 0) is 20.4 Å². The molecule has 6 heteroatoms. The molecular weight excluding hydrogens is 481 g/mol. The number of benzene rings is 2. The molecule has 3 rings (SSSR count). The summed E-state index contributed by atoms with van der Waals surface area (Å²) >= 11 is 0. The van der Waals surface area contributed by atoms with Crippen LogP contribution in [0.1, 0.15) is 95.1 Å². The van der Waals surface area contributed by atoms with Crippen LogP contribution in [0.25, 0.3) is 0 Å². The van der Waals surface area contributed by atoms with Crippen molar-refractivity contribution < 1.29 is 24.1 Å². The van der Waals surface area contributed by atoms with Crippen molar-refractivity contribution in [1.29, 1.82) is 0 Å². The number of rotatable bonds is 10. The van der Waals surface area contributed by atoms with Gasteiger partial charge in [-0.1, -0.05) is 71.9 Å². The summed E-state index contributed by atoms with van der Waals surface area (Å²) < 4.78 is 20.5. The zero-order chi connectivity index (χ0) is 28.3. The number of carbonyl (C=O) groups is 1. The topological polar surface area (TPSA) is 70.0 Å². The lowest BCUT2D eigenvalue weighted by Crippen LogP contribution is -2.32. The van der Waals surface area contributed by atoms with Crippen LogP contribution >= 0.6 is 0 Å². The third kappa shape index (κ3) is 7.64. The first-order chi connectivity index (χ1) is 17.7. The maximum Gasteiger partial charge on any atom is 0.304 e. The average Bonchev–Trinajstić information content (AvgIpc) is 3.22. The molecule has 2 aromatic rings. The quantitative estimate of drug-likeness (QED) is 0.372. The lowest BCUT2D eigenvalue weighted by atomic mass is 9.77. The van der Waals surface area contributed by atoms with Crippen molar-refractivity contribution in [3.8, 4) is 0 Å². The maximum atomic E-state index is 13.8. The third-order valence-electron chi connectivity index (χ3n) is 7.82. The standard InChI is InChI=1S/C32H46FNO4/c1-31(2,3)23-11-14-25(26(18-23)32(4,5)6)28(20-35)38-27-15-10-22(19-34(7)17-16-29(36)37)30(27)21-8-12-24(33)13-9-21/h8-9,11-14,18,22,27-28,30,35H,10,15-17,19-20H2,1-7H3,(H,36,37). The minimum atomic E-state index is -0.808. The van der Waals surface area contributed by atoms with Crippen LogP contribution in [0.2, 0.25) is 0 Å². The second kappa shape index (κ2) is 12.3. The number of aliphatic carboxylic acids is 1. The number of carboxylic acids is 1. The van der Waals surface area contributed by atoms with Gasteiger partial charge in [0.25, 0.3) is 0 Å². The van der Waals surface area contributed by atoms with E-state index >= 15 is 0 Å². The van der Waals surface area contributed by atoms with E-state index in [1.54, 1.807) is 0 Å². The van der Waals surface area contributed by atoms with Gasteiger partial charge < -0.3 is 19.8 Å². The number of halogens is 1. The SMILES string of the molecule is CN(CCC(=O)O)CC1CCC(OC(CO)c2ccc(C(C)(C)C)cc2C(C)(C)C)C1c1ccc(F)cc1. The smallest absolute Gasteiger partial charge is 0.304 e. The fraction of sp³-hybridized carbons (Fsp3) is 0.594. The molecule has 1 saturated carbocycles. The molecule has 2 aromatic carbocycles. The highest BCUT2D eigenvalue weighted by molar-refractivity contribution is 5.66. The van der Waals surface area contributed by atoms with Crippen LogP contribution < -0.4 is 0 Å². The van der Waals surface area contributed by atoms with E-state index in [4.69, 9.17) is 9.84 Å². The van der Waals surface area contributed by atoms with Crippen LogP contribution in [0, 0.1) is 11.7 Å². The Labute approximate surface area is 228 Å². The van der Waals surface area contributed by atoms with E-state index in [-0.39, 0.29) is 47.6 Å². The van der Waals surface area contributed by atoms with Crippen LogP contribution in [0.15, 0.2) is 42.5 Å². The molecule has 0 spiro atoms. The summed E-state index contributed by atoms with van der Waals surface area (Å²) in [6.45, 7) is 14.2. The van der Waals surface area contributed by atoms with Gasteiger partial charge in [0.2, 0.25) is 0 Å². The van der Waals surface area contributed by atoms with Gasteiger partial charge in [-0.2, -0.15) is 0 Å². The molecule has 1 fully saturated rings. The Kier molecular flexibility index (Phi) is 9.77. The Morgan fingerprint density at radius 3 is 2.26 bits per heavy atom. The monoisotopic (exact) mass is 527 g/mol. The zero-order valence-electron chi connectivity index (χ0n) is 24.1. The Bertz CT molecular complexity index is 1070. The fourth-order valence-electron chi connectivity index (χ4n) is 5.73. The van der Waals surface area contributed by atoms with Gasteiger partial charge in [-0.25, -0.2) is 4.39 Å². The fourth-order valence-corrected chi connectivity index (χ4v) is 5.73. The largest absolute Gasteiger partial charge is 0.481 e. The van der Waals surface area contributed by atoms with Crippen molar-refractivity contribution >= 4 is 5.97 Å². The van der Waals surface area contributed by atoms with Gasteiger partial charge in [-0.15, -0.1) is 0 Å². The highest BCUT2D eigenvalue weighted by Gasteiger charge is 2.40. The first kappa shape index (κ1) is 30.3. The van der Waals surface area contributed by atoms with E-state index in [1.807, 2.05) is 19.2 Å². The van der Waals surface area contributed by atoms with Gasteiger partial charge >= 0.3 is 5.97 Å². The normalized spacial score (nSPS) is 21.2. The van der Waals surface area contributed by atoms with Gasteiger partial charge in [0.05, 0.1) is 19.1 Å². The van der Waals surface area contributed by atoms with Gasteiger partial charge in [-0.05, 0) is 71.0 Å². The van der Waals surface area contributed by atoms with Crippen molar-refractivity contribution in [3.63, 3.8) is 0 Å². The average molecular weight is 528 g/mol. The summed E-state index contributed by atoms with van der Waals surface area (Å²) in [6.07, 6.45) is 1.20. The second-order valence-electron chi connectivity index (χ2n) is 13.0. The molecule has 0 aromatic heterocycles. The molecule has 1 aliphatic rings. The molecule has 210 valence electrons. The van der Waals surface area contributed by atoms with Crippen molar-refractivity contribution in [2.45, 2.75) is 89.8 Å². The second-order valence-corrected chi connectivity index (χ2v) is 13.0. The lowest BCUT2D eigenvalue weighted by molar-refractivity contribution is -0.137. The summed E-state index contributed by atoms with van der Waals surface area (Å²) in [5.41, 5.74) is 4.32. The van der Waals surface area contributed by atoms with Crippen molar-refractivity contribution in [2.24, 2.45) is 5.92 Å². The molecule has 2 N–H and O–H groups in total. The summed E-state index contributed by atoms with van der Waals surface area (Å²) in [7, 11) is 1.95.